The van der Waals surface area contributed by atoms with Gasteiger partial charge in [0.25, 0.3) is 10.1 Å². The zero-order chi connectivity index (χ0) is 32.2. The van der Waals surface area contributed by atoms with Crippen LogP contribution < -0.4 is 15.1 Å². The van der Waals surface area contributed by atoms with Crippen LogP contribution in [0.3, 0.4) is 0 Å². The maximum Gasteiger partial charge on any atom is 0.323 e. The molecule has 230 valence electrons. The van der Waals surface area contributed by atoms with Gasteiger partial charge in [0.1, 0.15) is 31.2 Å². The first-order valence-electron chi connectivity index (χ1n) is 12.1. The number of nitrogens with one attached hydrogen (secondary N) is 1. The first kappa shape index (κ1) is 31.5. The largest absolute Gasteiger partial charge is 0.480 e. The number of thiazole rings is 1. The number of rotatable bonds is 14. The van der Waals surface area contributed by atoms with Crippen molar-refractivity contribution in [1.82, 2.24) is 19.9 Å². The molecule has 0 aliphatic rings. The van der Waals surface area contributed by atoms with Gasteiger partial charge in [0.15, 0.2) is 0 Å². The highest BCUT2D eigenvalue weighted by Gasteiger charge is 2.25. The number of hydrogen-bond donors (Lipinski definition) is 6. The third-order valence-electron chi connectivity index (χ3n) is 5.54. The van der Waals surface area contributed by atoms with Gasteiger partial charge in [-0.3, -0.25) is 23.7 Å². The zero-order valence-electron chi connectivity index (χ0n) is 22.1. The van der Waals surface area contributed by atoms with Gasteiger partial charge in [0.05, 0.1) is 20.8 Å². The smallest absolute Gasteiger partial charge is 0.323 e. The fourth-order valence-corrected chi connectivity index (χ4v) is 5.32. The van der Waals surface area contributed by atoms with E-state index in [-0.39, 0.29) is 11.3 Å². The number of aromatic nitrogens is 4. The van der Waals surface area contributed by atoms with Crippen molar-refractivity contribution in [1.29, 1.82) is 0 Å². The summed E-state index contributed by atoms with van der Waals surface area (Å²) in [7, 11) is -4.66. The van der Waals surface area contributed by atoms with Gasteiger partial charge in [-0.05, 0) is 30.3 Å². The SMILES string of the molecule is O=C(O)CN(CC(=O)O)c1nc(Nc2ccc(S(=O)(=O)O)cc2-c2nc3ccccc3s2)nc(N(CC(=O)O)CC(=O)O)n1. The van der Waals surface area contributed by atoms with Gasteiger partial charge in [-0.1, -0.05) is 12.1 Å². The number of carboxylic acids is 4. The van der Waals surface area contributed by atoms with Gasteiger partial charge in [-0.25, -0.2) is 4.98 Å². The molecule has 0 atom stereocenters. The van der Waals surface area contributed by atoms with Gasteiger partial charge in [-0.15, -0.1) is 11.3 Å². The second-order valence-corrected chi connectivity index (χ2v) is 11.3. The van der Waals surface area contributed by atoms with Crippen molar-refractivity contribution in [3.63, 3.8) is 0 Å². The summed E-state index contributed by atoms with van der Waals surface area (Å²) >= 11 is 1.18. The van der Waals surface area contributed by atoms with Crippen molar-refractivity contribution in [2.75, 3.05) is 41.3 Å². The first-order chi connectivity index (χ1) is 20.7. The highest BCUT2D eigenvalue weighted by molar-refractivity contribution is 7.85. The summed E-state index contributed by atoms with van der Waals surface area (Å²) in [6, 6.07) is 10.4. The molecule has 4 rings (SSSR count). The minimum Gasteiger partial charge on any atom is -0.480 e. The summed E-state index contributed by atoms with van der Waals surface area (Å²) in [5.74, 6) is -7.39. The van der Waals surface area contributed by atoms with Crippen LogP contribution in [-0.2, 0) is 29.3 Å². The highest BCUT2D eigenvalue weighted by Crippen LogP contribution is 2.37. The number of para-hydroxylation sites is 1. The maximum absolute atomic E-state index is 11.9. The minimum atomic E-state index is -4.66. The van der Waals surface area contributed by atoms with E-state index in [0.29, 0.717) is 10.5 Å². The monoisotopic (exact) mass is 647 g/mol. The van der Waals surface area contributed by atoms with Gasteiger partial charge < -0.3 is 35.5 Å². The van der Waals surface area contributed by atoms with Crippen LogP contribution in [0.1, 0.15) is 0 Å². The van der Waals surface area contributed by atoms with Crippen LogP contribution >= 0.6 is 11.3 Å². The first-order valence-corrected chi connectivity index (χ1v) is 14.3. The van der Waals surface area contributed by atoms with Crippen LogP contribution in [0.2, 0.25) is 0 Å². The van der Waals surface area contributed by atoms with Crippen molar-refractivity contribution < 1.29 is 52.6 Å². The lowest BCUT2D eigenvalue weighted by molar-refractivity contribution is -0.138. The van der Waals surface area contributed by atoms with Gasteiger partial charge in [-0.2, -0.15) is 23.4 Å². The summed E-state index contributed by atoms with van der Waals surface area (Å²) in [4.78, 5) is 63.5. The number of anilines is 4. The average molecular weight is 648 g/mol. The number of carbonyl (C=O) groups is 4. The summed E-state index contributed by atoms with van der Waals surface area (Å²) in [6.07, 6.45) is 0. The molecule has 0 spiro atoms. The molecule has 0 fully saturated rings. The lowest BCUT2D eigenvalue weighted by Gasteiger charge is -2.23. The molecule has 4 aromatic rings. The molecule has 2 heterocycles. The molecule has 2 aromatic heterocycles. The molecule has 0 saturated heterocycles. The Labute approximate surface area is 250 Å². The normalized spacial score (nSPS) is 11.2. The molecule has 0 radical (unpaired) electrons. The molecule has 44 heavy (non-hydrogen) atoms. The van der Waals surface area contributed by atoms with E-state index in [2.05, 4.69) is 25.3 Å². The van der Waals surface area contributed by atoms with Crippen LogP contribution in [-0.4, -0.2) is 103 Å². The summed E-state index contributed by atoms with van der Waals surface area (Å²) in [5.41, 5.74) is 0.827. The quantitative estimate of drug-likeness (QED) is 0.104. The number of aliphatic carboxylic acids is 4. The predicted octanol–water partition coefficient (Wildman–Crippen LogP) is 1.09. The minimum absolute atomic E-state index is 0.102. The maximum atomic E-state index is 11.9. The van der Waals surface area contributed by atoms with Gasteiger partial charge in [0, 0.05) is 5.56 Å². The van der Waals surface area contributed by atoms with Crippen LogP contribution in [0.25, 0.3) is 20.8 Å². The van der Waals surface area contributed by atoms with E-state index in [1.807, 2.05) is 0 Å². The topological polar surface area (TPSA) is 274 Å². The Balaban J connectivity index is 1.90. The Bertz CT molecular complexity index is 1760. The second kappa shape index (κ2) is 12.8. The number of hydrogen-bond acceptors (Lipinski definition) is 14. The molecular weight excluding hydrogens is 626 g/mol. The van der Waals surface area contributed by atoms with Crippen molar-refractivity contribution in [2.45, 2.75) is 4.90 Å². The van der Waals surface area contributed by atoms with Crippen LogP contribution in [0.5, 0.6) is 0 Å². The van der Waals surface area contributed by atoms with E-state index >= 15 is 0 Å². The Morgan fingerprint density at radius 2 is 1.27 bits per heavy atom. The van der Waals surface area contributed by atoms with Crippen molar-refractivity contribution in [3.05, 3.63) is 42.5 Å². The third-order valence-corrected chi connectivity index (χ3v) is 7.46. The molecule has 20 heteroatoms. The number of carboxylic acid groups (broad SMARTS) is 4. The second-order valence-electron chi connectivity index (χ2n) is 8.84. The van der Waals surface area contributed by atoms with Crippen LogP contribution in [0.4, 0.5) is 23.5 Å². The number of nitrogens with zero attached hydrogens (tertiary/aromatic N) is 6. The summed E-state index contributed by atoms with van der Waals surface area (Å²) < 4.78 is 34.3. The Kier molecular flexibility index (Phi) is 9.16. The van der Waals surface area contributed by atoms with Gasteiger partial charge >= 0.3 is 23.9 Å². The molecule has 6 N–H and O–H groups in total. The summed E-state index contributed by atoms with van der Waals surface area (Å²) in [5, 5.41) is 40.4. The molecule has 0 amide bonds. The van der Waals surface area contributed by atoms with E-state index in [9.17, 15) is 52.6 Å². The fourth-order valence-electron chi connectivity index (χ4n) is 3.82. The van der Waals surface area contributed by atoms with E-state index < -0.39 is 82.9 Å². The highest BCUT2D eigenvalue weighted by atomic mass is 32.2. The van der Waals surface area contributed by atoms with Gasteiger partial charge in [0.2, 0.25) is 17.8 Å². The lowest BCUT2D eigenvalue weighted by atomic mass is 10.2. The van der Waals surface area contributed by atoms with Crippen LogP contribution in [0.15, 0.2) is 47.4 Å². The summed E-state index contributed by atoms with van der Waals surface area (Å²) in [6.45, 7) is -3.64. The molecule has 0 aliphatic heterocycles. The Hall–Kier alpha value is -5.47. The van der Waals surface area contributed by atoms with E-state index in [0.717, 1.165) is 26.6 Å². The third kappa shape index (κ3) is 7.87. The van der Waals surface area contributed by atoms with E-state index in [4.69, 9.17) is 0 Å². The zero-order valence-corrected chi connectivity index (χ0v) is 23.7. The Morgan fingerprint density at radius 1 is 0.750 bits per heavy atom. The molecule has 0 saturated carbocycles. The molecule has 0 aliphatic carbocycles. The number of fused-ring (bicyclic) bond motifs is 1. The lowest BCUT2D eigenvalue weighted by Crippen LogP contribution is -2.38. The standard InChI is InChI=1S/C24H21N7O11S2/c32-17(33)8-30(9-18(34)35)23-27-22(28-24(29-23)31(10-19(36)37)11-20(38)39)26-14-6-5-12(44(40,41)42)7-13(14)21-25-15-3-1-2-4-16(15)43-21/h1-7H,8-11H2,(H,32,33)(H,34,35)(H,36,37)(H,38,39)(H,40,41,42)(H,26,27,28,29). The average Bonchev–Trinajstić information content (AvgIpc) is 3.35. The molecule has 0 unspecified atom stereocenters. The molecule has 18 nitrogen and oxygen atoms in total. The van der Waals surface area contributed by atoms with Crippen molar-refractivity contribution in [3.8, 4) is 10.6 Å². The van der Waals surface area contributed by atoms with Crippen LogP contribution in [0, 0.1) is 0 Å². The fraction of sp³-hybridized carbons (Fsp3) is 0.167. The molecular formula is C24H21N7O11S2. The van der Waals surface area contributed by atoms with Crippen molar-refractivity contribution in [2.24, 2.45) is 0 Å². The van der Waals surface area contributed by atoms with Crippen molar-refractivity contribution >= 4 is 79.1 Å². The molecule has 2 aromatic carbocycles. The van der Waals surface area contributed by atoms with E-state index in [1.165, 1.54) is 17.4 Å². The Morgan fingerprint density at radius 3 is 1.75 bits per heavy atom. The van der Waals surface area contributed by atoms with E-state index in [1.54, 1.807) is 24.3 Å². The predicted molar refractivity (Wildman–Crippen MR) is 153 cm³/mol. The molecule has 0 bridgehead atoms. The number of benzene rings is 2.